The molecule has 0 atom stereocenters. The molecule has 0 N–H and O–H groups in total. The van der Waals surface area contributed by atoms with E-state index in [1.807, 2.05) is 31.6 Å². The van der Waals surface area contributed by atoms with Gasteiger partial charge in [0.25, 0.3) is 0 Å². The van der Waals surface area contributed by atoms with Gasteiger partial charge in [0.05, 0.1) is 0 Å². The molecule has 1 aromatic carbocycles. The molecule has 0 heterocycles. The van der Waals surface area contributed by atoms with Gasteiger partial charge >= 0.3 is 70.4 Å². The second-order valence-corrected chi connectivity index (χ2v) is 4.69. The van der Waals surface area contributed by atoms with Crippen molar-refractivity contribution in [1.29, 1.82) is 0 Å². The fraction of sp³-hybridized carbons (Fsp3) is 0. The van der Waals surface area contributed by atoms with Gasteiger partial charge in [0.1, 0.15) is 0 Å². The van der Waals surface area contributed by atoms with Gasteiger partial charge in [0.15, 0.2) is 0 Å². The van der Waals surface area contributed by atoms with Crippen molar-refractivity contribution < 1.29 is 4.39 Å². The fourth-order valence-corrected chi connectivity index (χ4v) is 2.22. The fourth-order valence-electron chi connectivity index (χ4n) is 0.531. The molecule has 0 nitrogen and oxygen atoms in total. The average Bonchev–Trinajstić information content (AvgIpc) is 1.90. The Balaban J connectivity index is 2.88. The van der Waals surface area contributed by atoms with Crippen molar-refractivity contribution in [2.45, 2.75) is 0 Å². The van der Waals surface area contributed by atoms with E-state index in [2.05, 4.69) is 0 Å². The summed E-state index contributed by atoms with van der Waals surface area (Å²) < 4.78 is 13.5. The average molecular weight is 198 g/mol. The molecule has 3 heteroatoms. The molecule has 0 unspecified atom stereocenters. The van der Waals surface area contributed by atoms with Gasteiger partial charge in [-0.3, -0.25) is 0 Å². The third kappa shape index (κ3) is 2.26. The van der Waals surface area contributed by atoms with Gasteiger partial charge in [-0.1, -0.05) is 0 Å². The second-order valence-electron chi connectivity index (χ2n) is 1.60. The maximum atomic E-state index is 12.2. The monoisotopic (exact) mass is 199 g/mol. The number of rotatable bonds is 1. The molecule has 0 aliphatic carbocycles. The summed E-state index contributed by atoms with van der Waals surface area (Å²) in [5.41, 5.74) is 0. The van der Waals surface area contributed by atoms with Crippen LogP contribution in [0.25, 0.3) is 0 Å². The Bertz CT molecular complexity index is 185. The molecule has 0 aliphatic heterocycles. The maximum absolute atomic E-state index is 12.2. The summed E-state index contributed by atoms with van der Waals surface area (Å²) in [6.45, 7) is 0. The minimum absolute atomic E-state index is 0.147. The summed E-state index contributed by atoms with van der Waals surface area (Å²) in [5, 5.41) is 0. The van der Waals surface area contributed by atoms with Crippen molar-refractivity contribution >= 4 is 35.9 Å². The summed E-state index contributed by atoms with van der Waals surface area (Å²) >= 11 is 2.45. The van der Waals surface area contributed by atoms with Gasteiger partial charge in [0.2, 0.25) is 0 Å². The van der Waals surface area contributed by atoms with Crippen LogP contribution in [0.15, 0.2) is 24.3 Å². The van der Waals surface area contributed by atoms with Crippen LogP contribution in [0.4, 0.5) is 4.39 Å². The van der Waals surface area contributed by atoms with Crippen molar-refractivity contribution in [2.75, 3.05) is 0 Å². The van der Waals surface area contributed by atoms with Crippen molar-refractivity contribution in [3.05, 3.63) is 30.1 Å². The quantitative estimate of drug-likeness (QED) is 0.567. The van der Waals surface area contributed by atoms with Crippen LogP contribution in [0.3, 0.4) is 0 Å². The predicted molar refractivity (Wildman–Crippen MR) is 37.5 cm³/mol. The molecule has 0 spiro atoms. The molecule has 0 saturated heterocycles. The molecule has 0 saturated carbocycles. The third-order valence-electron chi connectivity index (χ3n) is 0.980. The van der Waals surface area contributed by atoms with Gasteiger partial charge in [-0.15, -0.1) is 0 Å². The summed E-state index contributed by atoms with van der Waals surface area (Å²) in [5.74, 6) is -0.147. The van der Waals surface area contributed by atoms with Crippen molar-refractivity contribution in [2.24, 2.45) is 0 Å². The van der Waals surface area contributed by atoms with Gasteiger partial charge in [-0.25, -0.2) is 0 Å². The van der Waals surface area contributed by atoms with Crippen LogP contribution in [0.1, 0.15) is 0 Å². The second kappa shape index (κ2) is 3.57. The van der Waals surface area contributed by atoms with Crippen LogP contribution in [0.2, 0.25) is 0 Å². The summed E-state index contributed by atoms with van der Waals surface area (Å²) in [7, 11) is 0. The van der Waals surface area contributed by atoms with E-state index >= 15 is 0 Å². The van der Waals surface area contributed by atoms with E-state index in [4.69, 9.17) is 0 Å². The Hall–Kier alpha value is 0.436. The first-order valence-corrected chi connectivity index (χ1v) is 7.57. The van der Waals surface area contributed by atoms with E-state index in [1.54, 1.807) is 0 Å². The molecule has 0 aromatic heterocycles. The van der Waals surface area contributed by atoms with E-state index in [1.165, 1.54) is 16.6 Å². The molecule has 1 aromatic rings. The van der Waals surface area contributed by atoms with E-state index in [0.29, 0.717) is 11.9 Å². The predicted octanol–water partition coefficient (Wildman–Crippen LogP) is 0.239. The Labute approximate surface area is 70.2 Å². The zero-order chi connectivity index (χ0) is 6.69. The van der Waals surface area contributed by atoms with Crippen molar-refractivity contribution in [3.8, 4) is 0 Å². The van der Waals surface area contributed by atoms with Crippen molar-refractivity contribution in [3.63, 3.8) is 0 Å². The first-order chi connectivity index (χ1) is 4.33. The molecule has 42 valence electrons. The molecule has 1 rings (SSSR count). The number of hydrogen-bond acceptors (Lipinski definition) is 0. The topological polar surface area (TPSA) is 0 Å². The van der Waals surface area contributed by atoms with Crippen LogP contribution < -0.4 is 4.46 Å². The van der Waals surface area contributed by atoms with Gasteiger partial charge in [0, 0.05) is 0 Å². The Kier molecular flexibility index (Phi) is 2.99. The molecule has 0 amide bonds. The van der Waals surface area contributed by atoms with Crippen molar-refractivity contribution in [1.82, 2.24) is 0 Å². The van der Waals surface area contributed by atoms with Crippen LogP contribution in [-0.2, 0) is 0 Å². The van der Waals surface area contributed by atoms with E-state index in [9.17, 15) is 4.39 Å². The van der Waals surface area contributed by atoms with Gasteiger partial charge in [-0.2, -0.15) is 0 Å². The zero-order valence-electron chi connectivity index (χ0n) is 4.80. The third-order valence-corrected chi connectivity index (χ3v) is 3.98. The number of hydrogen-bond donors (Lipinski definition) is 0. The Morgan fingerprint density at radius 3 is 2.22 bits per heavy atom. The number of benzene rings is 1. The molecule has 0 aliphatic rings. The van der Waals surface area contributed by atoms with Crippen LogP contribution >= 0.6 is 0 Å². The van der Waals surface area contributed by atoms with Crippen LogP contribution in [-0.4, -0.2) is 31.4 Å². The Morgan fingerprint density at radius 2 is 1.78 bits per heavy atom. The molecule has 0 fully saturated rings. The molecule has 9 heavy (non-hydrogen) atoms. The summed E-state index contributed by atoms with van der Waals surface area (Å²) in [6, 6.07) is 6.68. The van der Waals surface area contributed by atoms with Gasteiger partial charge < -0.3 is 0 Å². The zero-order valence-corrected chi connectivity index (χ0v) is 7.93. The normalized spacial score (nSPS) is 9.67. The standard InChI is InChI=1S/C6H5FSe.Mg/c7-5-1-3-6(8)4-2-5;/h1-4,8H;/q;+2/p-1. The van der Waals surface area contributed by atoms with Crippen LogP contribution in [0.5, 0.6) is 0 Å². The van der Waals surface area contributed by atoms with E-state index in [0.717, 1.165) is 0 Å². The summed E-state index contributed by atoms with van der Waals surface area (Å²) in [4.78, 5) is 0. The minimum atomic E-state index is -0.147. The number of halogens is 1. The molecule has 0 bridgehead atoms. The van der Waals surface area contributed by atoms with E-state index in [-0.39, 0.29) is 5.82 Å². The summed E-state index contributed by atoms with van der Waals surface area (Å²) in [6.07, 6.45) is 0. The van der Waals surface area contributed by atoms with Gasteiger partial charge in [-0.05, 0) is 0 Å². The Morgan fingerprint density at radius 1 is 1.22 bits per heavy atom. The molecule has 0 radical (unpaired) electrons. The van der Waals surface area contributed by atoms with Crippen LogP contribution in [0, 0.1) is 5.82 Å². The molecular weight excluding hydrogens is 194 g/mol. The molecular formula is C6H4FMgSe+. The van der Waals surface area contributed by atoms with E-state index < -0.39 is 0 Å². The SMILES string of the molecule is Fc1ccc([Se][Mg+])cc1. The first kappa shape index (κ1) is 7.54. The first-order valence-electron chi connectivity index (χ1n) is 2.50.